The fourth-order valence-corrected chi connectivity index (χ4v) is 3.99. The van der Waals surface area contributed by atoms with E-state index in [-0.39, 0.29) is 18.0 Å². The van der Waals surface area contributed by atoms with Crippen molar-refractivity contribution in [2.75, 3.05) is 4.90 Å². The van der Waals surface area contributed by atoms with Gasteiger partial charge in [-0.3, -0.25) is 14.9 Å². The summed E-state index contributed by atoms with van der Waals surface area (Å²) in [6.07, 6.45) is 1.59. The lowest BCUT2D eigenvalue weighted by Gasteiger charge is -2.11. The van der Waals surface area contributed by atoms with Crippen molar-refractivity contribution in [1.82, 2.24) is 5.32 Å². The van der Waals surface area contributed by atoms with Gasteiger partial charge in [-0.1, -0.05) is 29.8 Å². The van der Waals surface area contributed by atoms with Crippen LogP contribution in [0.15, 0.2) is 72.4 Å². The fraction of sp³-hybridized carbons (Fsp3) is 0.0435. The normalized spacial score (nSPS) is 14.5. The number of nitrogens with zero attached hydrogens (tertiary/aromatic N) is 2. The van der Waals surface area contributed by atoms with Crippen LogP contribution in [0.4, 0.5) is 16.2 Å². The fourth-order valence-electron chi connectivity index (χ4n) is 3.17. The van der Waals surface area contributed by atoms with E-state index in [0.717, 1.165) is 8.47 Å². The Labute approximate surface area is 207 Å². The van der Waals surface area contributed by atoms with Crippen LogP contribution in [0, 0.1) is 13.7 Å². The molecule has 1 aliphatic heterocycles. The van der Waals surface area contributed by atoms with Crippen molar-refractivity contribution in [3.8, 4) is 5.75 Å². The monoisotopic (exact) mass is 575 g/mol. The number of imide groups is 1. The van der Waals surface area contributed by atoms with Gasteiger partial charge in [0.05, 0.1) is 14.2 Å². The average Bonchev–Trinajstić information content (AvgIpc) is 3.07. The summed E-state index contributed by atoms with van der Waals surface area (Å²) in [4.78, 5) is 36.6. The summed E-state index contributed by atoms with van der Waals surface area (Å²) in [5.41, 5.74) is 1.95. The van der Waals surface area contributed by atoms with E-state index in [2.05, 4.69) is 27.9 Å². The first-order chi connectivity index (χ1) is 15.8. The van der Waals surface area contributed by atoms with Crippen LogP contribution in [0.5, 0.6) is 5.75 Å². The molecule has 3 aromatic rings. The van der Waals surface area contributed by atoms with E-state index in [0.29, 0.717) is 27.6 Å². The molecule has 4 rings (SSSR count). The average molecular weight is 576 g/mol. The standard InChI is InChI=1S/C23H15ClIN3O5/c24-16-5-7-17(8-6-16)27-22(29)20(26-23(27)30)12-14-4-9-21(19(25)11-14)33-13-15-2-1-3-18(10-15)28(31)32/h1-12H,13H2,(H,26,30)/b20-12+. The van der Waals surface area contributed by atoms with Gasteiger partial charge in [0.2, 0.25) is 0 Å². The number of nitro groups is 1. The Bertz CT molecular complexity index is 1290. The smallest absolute Gasteiger partial charge is 0.333 e. The second kappa shape index (κ2) is 9.59. The van der Waals surface area contributed by atoms with Crippen molar-refractivity contribution in [2.24, 2.45) is 0 Å². The summed E-state index contributed by atoms with van der Waals surface area (Å²) in [6.45, 7) is 0.169. The van der Waals surface area contributed by atoms with Crippen LogP contribution >= 0.6 is 34.2 Å². The van der Waals surface area contributed by atoms with Crippen LogP contribution in [-0.4, -0.2) is 16.9 Å². The van der Waals surface area contributed by atoms with Crippen LogP contribution in [0.1, 0.15) is 11.1 Å². The predicted octanol–water partition coefficient (Wildman–Crippen LogP) is 5.53. The summed E-state index contributed by atoms with van der Waals surface area (Å²) >= 11 is 7.98. The molecule has 166 valence electrons. The minimum Gasteiger partial charge on any atom is -0.488 e. The Morgan fingerprint density at radius 1 is 1.09 bits per heavy atom. The van der Waals surface area contributed by atoms with E-state index in [9.17, 15) is 19.7 Å². The second-order valence-corrected chi connectivity index (χ2v) is 8.61. The zero-order valence-corrected chi connectivity index (χ0v) is 19.7. The highest BCUT2D eigenvalue weighted by Gasteiger charge is 2.34. The molecule has 0 radical (unpaired) electrons. The van der Waals surface area contributed by atoms with Crippen molar-refractivity contribution in [3.05, 3.63) is 102 Å². The number of rotatable bonds is 6. The lowest BCUT2D eigenvalue weighted by atomic mass is 10.1. The topological polar surface area (TPSA) is 102 Å². The van der Waals surface area contributed by atoms with Gasteiger partial charge in [-0.25, -0.2) is 9.69 Å². The maximum absolute atomic E-state index is 12.8. The molecule has 3 aromatic carbocycles. The molecule has 10 heteroatoms. The number of carbonyl (C=O) groups excluding carboxylic acids is 2. The van der Waals surface area contributed by atoms with E-state index in [4.69, 9.17) is 16.3 Å². The van der Waals surface area contributed by atoms with E-state index in [1.54, 1.807) is 60.7 Å². The molecule has 1 saturated heterocycles. The van der Waals surface area contributed by atoms with Crippen LogP contribution in [-0.2, 0) is 11.4 Å². The van der Waals surface area contributed by atoms with E-state index >= 15 is 0 Å². The molecule has 0 unspecified atom stereocenters. The highest BCUT2D eigenvalue weighted by atomic mass is 127. The Morgan fingerprint density at radius 2 is 1.85 bits per heavy atom. The number of carbonyl (C=O) groups is 2. The minimum atomic E-state index is -0.542. The Kier molecular flexibility index (Phi) is 6.61. The third-order valence-corrected chi connectivity index (χ3v) is 5.84. The summed E-state index contributed by atoms with van der Waals surface area (Å²) in [7, 11) is 0. The van der Waals surface area contributed by atoms with E-state index in [1.807, 2.05) is 0 Å². The van der Waals surface area contributed by atoms with Crippen LogP contribution in [0.25, 0.3) is 6.08 Å². The Hall–Kier alpha value is -3.44. The van der Waals surface area contributed by atoms with Crippen LogP contribution in [0.2, 0.25) is 5.02 Å². The number of halogens is 2. The number of non-ortho nitro benzene ring substituents is 1. The zero-order valence-electron chi connectivity index (χ0n) is 16.8. The molecular formula is C23H15ClIN3O5. The molecule has 33 heavy (non-hydrogen) atoms. The zero-order chi connectivity index (χ0) is 23.5. The summed E-state index contributed by atoms with van der Waals surface area (Å²) in [6, 6.07) is 17.4. The molecule has 0 aliphatic carbocycles. The SMILES string of the molecule is O=C1N/C(=C/c2ccc(OCc3cccc([N+](=O)[O-])c3)c(I)c2)C(=O)N1c1ccc(Cl)cc1. The number of anilines is 1. The molecule has 0 bridgehead atoms. The molecule has 0 atom stereocenters. The van der Waals surface area contributed by atoms with Crippen molar-refractivity contribution in [1.29, 1.82) is 0 Å². The number of nitro benzene ring substituents is 1. The third-order valence-electron chi connectivity index (χ3n) is 4.75. The van der Waals surface area contributed by atoms with Crippen LogP contribution in [0.3, 0.4) is 0 Å². The molecule has 3 amide bonds. The van der Waals surface area contributed by atoms with Gasteiger partial charge in [0.15, 0.2) is 0 Å². The lowest BCUT2D eigenvalue weighted by molar-refractivity contribution is -0.384. The van der Waals surface area contributed by atoms with Crippen LogP contribution < -0.4 is 15.0 Å². The predicted molar refractivity (Wildman–Crippen MR) is 132 cm³/mol. The maximum atomic E-state index is 12.8. The maximum Gasteiger partial charge on any atom is 0.333 e. The van der Waals surface area contributed by atoms with Gasteiger partial charge in [0.1, 0.15) is 18.1 Å². The molecule has 0 aromatic heterocycles. The molecule has 1 fully saturated rings. The summed E-state index contributed by atoms with van der Waals surface area (Å²) < 4.78 is 6.58. The molecule has 0 spiro atoms. The molecular weight excluding hydrogens is 561 g/mol. The largest absolute Gasteiger partial charge is 0.488 e. The van der Waals surface area contributed by atoms with Gasteiger partial charge in [-0.05, 0) is 76.2 Å². The highest BCUT2D eigenvalue weighted by Crippen LogP contribution is 2.27. The minimum absolute atomic E-state index is 0.00342. The molecule has 8 nitrogen and oxygen atoms in total. The van der Waals surface area contributed by atoms with Crippen molar-refractivity contribution in [2.45, 2.75) is 6.61 Å². The first-order valence-corrected chi connectivity index (χ1v) is 11.1. The van der Waals surface area contributed by atoms with Gasteiger partial charge in [-0.15, -0.1) is 0 Å². The third kappa shape index (κ3) is 5.15. The number of hydrogen-bond acceptors (Lipinski definition) is 5. The summed E-state index contributed by atoms with van der Waals surface area (Å²) in [5, 5.41) is 14.0. The van der Waals surface area contributed by atoms with Crippen molar-refractivity contribution in [3.63, 3.8) is 0 Å². The second-order valence-electron chi connectivity index (χ2n) is 7.01. The number of benzene rings is 3. The van der Waals surface area contributed by atoms with Gasteiger partial charge >= 0.3 is 6.03 Å². The van der Waals surface area contributed by atoms with Gasteiger partial charge in [0.25, 0.3) is 11.6 Å². The number of urea groups is 1. The Balaban J connectivity index is 1.48. The summed E-state index contributed by atoms with van der Waals surface area (Å²) in [5.74, 6) is 0.122. The van der Waals surface area contributed by atoms with Gasteiger partial charge in [-0.2, -0.15) is 0 Å². The number of amides is 3. The van der Waals surface area contributed by atoms with E-state index < -0.39 is 16.9 Å². The number of nitrogens with one attached hydrogen (secondary N) is 1. The first-order valence-electron chi connectivity index (χ1n) is 9.60. The number of hydrogen-bond donors (Lipinski definition) is 1. The molecule has 1 N–H and O–H groups in total. The first kappa shape index (κ1) is 22.7. The molecule has 1 heterocycles. The lowest BCUT2D eigenvalue weighted by Crippen LogP contribution is -2.30. The highest BCUT2D eigenvalue weighted by molar-refractivity contribution is 14.1. The van der Waals surface area contributed by atoms with Gasteiger partial charge in [0, 0.05) is 17.2 Å². The van der Waals surface area contributed by atoms with Crippen molar-refractivity contribution >= 4 is 63.6 Å². The van der Waals surface area contributed by atoms with E-state index in [1.165, 1.54) is 12.1 Å². The molecule has 0 saturated carbocycles. The van der Waals surface area contributed by atoms with Crippen molar-refractivity contribution < 1.29 is 19.2 Å². The van der Waals surface area contributed by atoms with Gasteiger partial charge < -0.3 is 10.1 Å². The molecule has 1 aliphatic rings. The quantitative estimate of drug-likeness (QED) is 0.137. The Morgan fingerprint density at radius 3 is 2.55 bits per heavy atom. The number of ether oxygens (including phenoxy) is 1.